The number of methoxy groups -OCH3 is 1. The zero-order chi connectivity index (χ0) is 33.3. The van der Waals surface area contributed by atoms with Crippen molar-refractivity contribution in [3.63, 3.8) is 0 Å². The molecule has 0 unspecified atom stereocenters. The van der Waals surface area contributed by atoms with Gasteiger partial charge in [0.1, 0.15) is 18.3 Å². The molecule has 0 aromatic heterocycles. The van der Waals surface area contributed by atoms with Gasteiger partial charge >= 0.3 is 0 Å². The summed E-state index contributed by atoms with van der Waals surface area (Å²) in [6.45, 7) is 7.30. The third-order valence-electron chi connectivity index (χ3n) is 7.99. The van der Waals surface area contributed by atoms with Gasteiger partial charge in [-0.1, -0.05) is 96.9 Å². The number of hydrogen-bond donors (Lipinski definition) is 1. The molecule has 0 bridgehead atoms. The predicted octanol–water partition coefficient (Wildman–Crippen LogP) is 6.06. The number of hydrogen-bond acceptors (Lipinski definition) is 5. The van der Waals surface area contributed by atoms with Gasteiger partial charge in [0.15, 0.2) is 0 Å². The Labute approximate surface area is 273 Å². The van der Waals surface area contributed by atoms with Gasteiger partial charge in [-0.2, -0.15) is 0 Å². The summed E-state index contributed by atoms with van der Waals surface area (Å²) < 4.78 is 35.2. The van der Waals surface area contributed by atoms with Gasteiger partial charge < -0.3 is 15.0 Å². The van der Waals surface area contributed by atoms with Gasteiger partial charge in [0.05, 0.1) is 17.7 Å². The number of benzene rings is 4. The largest absolute Gasteiger partial charge is 0.495 e. The lowest BCUT2D eigenvalue weighted by atomic mass is 10.0. The molecule has 9 heteroatoms. The average molecular weight is 642 g/mol. The quantitative estimate of drug-likeness (QED) is 0.181. The molecule has 0 radical (unpaired) electrons. The van der Waals surface area contributed by atoms with E-state index in [1.807, 2.05) is 82.3 Å². The molecule has 46 heavy (non-hydrogen) atoms. The van der Waals surface area contributed by atoms with Gasteiger partial charge in [-0.3, -0.25) is 13.9 Å². The van der Waals surface area contributed by atoms with Crippen molar-refractivity contribution in [2.75, 3.05) is 18.0 Å². The number of ether oxygens (including phenoxy) is 1. The van der Waals surface area contributed by atoms with Crippen molar-refractivity contribution in [2.45, 2.75) is 64.1 Å². The van der Waals surface area contributed by atoms with Crippen LogP contribution in [0.1, 0.15) is 42.5 Å². The molecule has 2 atom stereocenters. The monoisotopic (exact) mass is 641 g/mol. The maximum atomic E-state index is 14.6. The maximum Gasteiger partial charge on any atom is 0.264 e. The number of amides is 2. The van der Waals surface area contributed by atoms with E-state index >= 15 is 0 Å². The molecule has 4 rings (SSSR count). The molecule has 0 heterocycles. The fourth-order valence-corrected chi connectivity index (χ4v) is 6.50. The van der Waals surface area contributed by atoms with Crippen molar-refractivity contribution >= 4 is 27.5 Å². The van der Waals surface area contributed by atoms with Crippen LogP contribution in [0.3, 0.4) is 0 Å². The molecule has 2 amide bonds. The Bertz CT molecular complexity index is 1710. The van der Waals surface area contributed by atoms with Crippen molar-refractivity contribution < 1.29 is 22.7 Å². The highest BCUT2D eigenvalue weighted by molar-refractivity contribution is 7.92. The van der Waals surface area contributed by atoms with Crippen LogP contribution < -0.4 is 14.4 Å². The predicted molar refractivity (Wildman–Crippen MR) is 182 cm³/mol. The van der Waals surface area contributed by atoms with Crippen molar-refractivity contribution in [1.29, 1.82) is 0 Å². The van der Waals surface area contributed by atoms with Crippen LogP contribution in [0.25, 0.3) is 0 Å². The molecule has 0 saturated heterocycles. The Morgan fingerprint density at radius 1 is 0.804 bits per heavy atom. The first-order valence-corrected chi connectivity index (χ1v) is 16.9. The van der Waals surface area contributed by atoms with Gasteiger partial charge in [-0.15, -0.1) is 0 Å². The van der Waals surface area contributed by atoms with Gasteiger partial charge in [-0.25, -0.2) is 8.42 Å². The number of carbonyl (C=O) groups is 2. The second-order valence-corrected chi connectivity index (χ2v) is 13.4. The highest BCUT2D eigenvalue weighted by atomic mass is 32.2. The van der Waals surface area contributed by atoms with E-state index in [-0.39, 0.29) is 35.5 Å². The SMILES string of the molecule is CC[C@H](C)NC(=O)[C@H](Cc1ccccc1)N(Cc1ccc(C)cc1)C(=O)CN(c1ccccc1OC)S(=O)(=O)c1ccc(C)cc1. The van der Waals surface area contributed by atoms with Gasteiger partial charge in [0, 0.05) is 19.0 Å². The molecule has 4 aromatic carbocycles. The minimum Gasteiger partial charge on any atom is -0.495 e. The molecule has 4 aromatic rings. The summed E-state index contributed by atoms with van der Waals surface area (Å²) >= 11 is 0. The minimum atomic E-state index is -4.23. The number of aryl methyl sites for hydroxylation is 2. The summed E-state index contributed by atoms with van der Waals surface area (Å²) in [4.78, 5) is 30.1. The lowest BCUT2D eigenvalue weighted by Gasteiger charge is -2.34. The molecular formula is C37H43N3O5S. The van der Waals surface area contributed by atoms with Crippen molar-refractivity contribution in [3.8, 4) is 5.75 Å². The third kappa shape index (κ3) is 8.54. The van der Waals surface area contributed by atoms with E-state index in [1.165, 1.54) is 24.1 Å². The molecule has 242 valence electrons. The van der Waals surface area contributed by atoms with Crippen LogP contribution in [-0.4, -0.2) is 50.9 Å². The standard InChI is InChI=1S/C37H43N3O5S/c1-6-29(4)38-37(42)34(24-30-12-8-7-9-13-30)39(25-31-20-16-27(2)17-21-31)36(41)26-40(33-14-10-11-15-35(33)45-5)46(43,44)32-22-18-28(3)19-23-32/h7-23,29,34H,6,24-26H2,1-5H3,(H,38,42)/t29-,34-/m0/s1. The Balaban J connectivity index is 1.83. The number of anilines is 1. The number of nitrogens with one attached hydrogen (secondary N) is 1. The zero-order valence-corrected chi connectivity index (χ0v) is 28.0. The minimum absolute atomic E-state index is 0.0391. The summed E-state index contributed by atoms with van der Waals surface area (Å²) in [6, 6.07) is 29.4. The molecule has 0 aliphatic carbocycles. The Kier molecular flexibility index (Phi) is 11.6. The summed E-state index contributed by atoms with van der Waals surface area (Å²) in [5.74, 6) is -0.530. The van der Waals surface area contributed by atoms with Crippen molar-refractivity contribution in [2.24, 2.45) is 0 Å². The highest BCUT2D eigenvalue weighted by Crippen LogP contribution is 2.33. The van der Waals surface area contributed by atoms with Crippen molar-refractivity contribution in [3.05, 3.63) is 125 Å². The molecule has 1 N–H and O–H groups in total. The van der Waals surface area contributed by atoms with Crippen LogP contribution in [0.15, 0.2) is 108 Å². The number of rotatable bonds is 14. The maximum absolute atomic E-state index is 14.6. The molecular weight excluding hydrogens is 598 g/mol. The lowest BCUT2D eigenvalue weighted by molar-refractivity contribution is -0.140. The first-order chi connectivity index (χ1) is 22.0. The second kappa shape index (κ2) is 15.6. The van der Waals surface area contributed by atoms with E-state index in [0.717, 1.165) is 26.6 Å². The summed E-state index contributed by atoms with van der Waals surface area (Å²) in [5, 5.41) is 3.06. The van der Waals surface area contributed by atoms with Crippen LogP contribution >= 0.6 is 0 Å². The molecule has 0 spiro atoms. The van der Waals surface area contributed by atoms with Crippen LogP contribution in [0.4, 0.5) is 5.69 Å². The van der Waals surface area contributed by atoms with Gasteiger partial charge in [-0.05, 0) is 62.6 Å². The Morgan fingerprint density at radius 2 is 1.39 bits per heavy atom. The van der Waals surface area contributed by atoms with Crippen LogP contribution in [0.2, 0.25) is 0 Å². The van der Waals surface area contributed by atoms with Crippen LogP contribution in [0.5, 0.6) is 5.75 Å². The Morgan fingerprint density at radius 3 is 2.00 bits per heavy atom. The van der Waals surface area contributed by atoms with E-state index in [4.69, 9.17) is 4.74 Å². The first kappa shape index (κ1) is 34.2. The van der Waals surface area contributed by atoms with E-state index < -0.39 is 28.5 Å². The average Bonchev–Trinajstić information content (AvgIpc) is 3.06. The Hall–Kier alpha value is -4.63. The van der Waals surface area contributed by atoms with Crippen LogP contribution in [0, 0.1) is 13.8 Å². The first-order valence-electron chi connectivity index (χ1n) is 15.4. The molecule has 0 saturated carbocycles. The fraction of sp³-hybridized carbons (Fsp3) is 0.297. The fourth-order valence-electron chi connectivity index (χ4n) is 5.07. The normalized spacial score (nSPS) is 12.5. The van der Waals surface area contributed by atoms with Crippen LogP contribution in [-0.2, 0) is 32.6 Å². The lowest BCUT2D eigenvalue weighted by Crippen LogP contribution is -2.54. The smallest absolute Gasteiger partial charge is 0.264 e. The summed E-state index contributed by atoms with van der Waals surface area (Å²) in [6.07, 6.45) is 0.964. The van der Waals surface area contributed by atoms with Gasteiger partial charge in [0.25, 0.3) is 10.0 Å². The second-order valence-electron chi connectivity index (χ2n) is 11.5. The number of para-hydroxylation sites is 2. The summed E-state index contributed by atoms with van der Waals surface area (Å²) in [7, 11) is -2.78. The number of carbonyl (C=O) groups excluding carboxylic acids is 2. The highest BCUT2D eigenvalue weighted by Gasteiger charge is 2.35. The topological polar surface area (TPSA) is 96.0 Å². The molecule has 0 aliphatic heterocycles. The molecule has 8 nitrogen and oxygen atoms in total. The molecule has 0 aliphatic rings. The van der Waals surface area contributed by atoms with E-state index in [9.17, 15) is 18.0 Å². The number of nitrogens with zero attached hydrogens (tertiary/aromatic N) is 2. The van der Waals surface area contributed by atoms with E-state index in [1.54, 1.807) is 36.4 Å². The van der Waals surface area contributed by atoms with E-state index in [2.05, 4.69) is 5.32 Å². The van der Waals surface area contributed by atoms with E-state index in [0.29, 0.717) is 12.2 Å². The number of sulfonamides is 1. The van der Waals surface area contributed by atoms with Crippen molar-refractivity contribution in [1.82, 2.24) is 10.2 Å². The zero-order valence-electron chi connectivity index (χ0n) is 27.1. The summed E-state index contributed by atoms with van der Waals surface area (Å²) in [5.41, 5.74) is 3.88. The van der Waals surface area contributed by atoms with Gasteiger partial charge in [0.2, 0.25) is 11.8 Å². The molecule has 0 fully saturated rings. The third-order valence-corrected chi connectivity index (χ3v) is 9.76.